The van der Waals surface area contributed by atoms with Gasteiger partial charge < -0.3 is 10.1 Å². The van der Waals surface area contributed by atoms with Crippen molar-refractivity contribution in [1.29, 1.82) is 0 Å². The van der Waals surface area contributed by atoms with Crippen LogP contribution in [0.5, 0.6) is 5.75 Å². The Bertz CT molecular complexity index is 922. The van der Waals surface area contributed by atoms with Crippen molar-refractivity contribution in [3.63, 3.8) is 0 Å². The Hall–Kier alpha value is -2.46. The van der Waals surface area contributed by atoms with Gasteiger partial charge in [-0.3, -0.25) is 14.6 Å². The first kappa shape index (κ1) is 16.4. The summed E-state index contributed by atoms with van der Waals surface area (Å²) in [5.41, 5.74) is 2.20. The van der Waals surface area contributed by atoms with Gasteiger partial charge in [-0.1, -0.05) is 0 Å². The van der Waals surface area contributed by atoms with Crippen molar-refractivity contribution in [3.8, 4) is 5.75 Å². The Morgan fingerprint density at radius 2 is 2.17 bits per heavy atom. The number of aryl methyl sites for hydroxylation is 1. The van der Waals surface area contributed by atoms with Crippen molar-refractivity contribution in [2.24, 2.45) is 0 Å². The molecule has 0 saturated heterocycles. The number of sulfonamides is 1. The molecule has 0 unspecified atom stereocenters. The SMILES string of the molecule is Cc1cc2c(cc1S(=O)(=O)NC(=O)c1cncs1)O[C@@H](C)C(=O)N2. The highest BCUT2D eigenvalue weighted by Gasteiger charge is 2.28. The fraction of sp³-hybridized carbons (Fsp3) is 0.214. The topological polar surface area (TPSA) is 114 Å². The smallest absolute Gasteiger partial charge is 0.276 e. The van der Waals surface area contributed by atoms with Crippen molar-refractivity contribution in [3.05, 3.63) is 34.3 Å². The number of fused-ring (bicyclic) bond motifs is 1. The second-order valence-electron chi connectivity index (χ2n) is 5.16. The van der Waals surface area contributed by atoms with Gasteiger partial charge in [-0.05, 0) is 25.5 Å². The third-order valence-electron chi connectivity index (χ3n) is 3.38. The standard InChI is InChI=1S/C14H13N3O5S2/c1-7-3-9-10(22-8(2)13(18)16-9)4-12(7)24(20,21)17-14(19)11-5-15-6-23-11/h3-6,8H,1-2H3,(H,16,18)(H,17,19)/t8-/m0/s1. The van der Waals surface area contributed by atoms with Gasteiger partial charge >= 0.3 is 0 Å². The average Bonchev–Trinajstić information content (AvgIpc) is 3.02. The van der Waals surface area contributed by atoms with Gasteiger partial charge in [-0.2, -0.15) is 0 Å². The predicted octanol–water partition coefficient (Wildman–Crippen LogP) is 1.29. The lowest BCUT2D eigenvalue weighted by Gasteiger charge is -2.24. The molecule has 126 valence electrons. The van der Waals surface area contributed by atoms with Crippen LogP contribution in [-0.2, 0) is 14.8 Å². The zero-order chi connectivity index (χ0) is 17.5. The van der Waals surface area contributed by atoms with Crippen LogP contribution in [0.4, 0.5) is 5.69 Å². The molecular weight excluding hydrogens is 354 g/mol. The largest absolute Gasteiger partial charge is 0.479 e. The molecule has 10 heteroatoms. The molecule has 2 aromatic rings. The molecule has 1 aliphatic heterocycles. The van der Waals surface area contributed by atoms with Crippen molar-refractivity contribution in [2.45, 2.75) is 24.8 Å². The normalized spacial score (nSPS) is 16.8. The minimum Gasteiger partial charge on any atom is -0.479 e. The number of anilines is 1. The highest BCUT2D eigenvalue weighted by molar-refractivity contribution is 7.90. The van der Waals surface area contributed by atoms with Crippen LogP contribution in [0.25, 0.3) is 0 Å². The fourth-order valence-electron chi connectivity index (χ4n) is 2.19. The van der Waals surface area contributed by atoms with Crippen LogP contribution in [0.3, 0.4) is 0 Å². The van der Waals surface area contributed by atoms with E-state index >= 15 is 0 Å². The number of carbonyl (C=O) groups is 2. The van der Waals surface area contributed by atoms with Crippen LogP contribution in [0.1, 0.15) is 22.2 Å². The molecule has 8 nitrogen and oxygen atoms in total. The summed E-state index contributed by atoms with van der Waals surface area (Å²) in [6.07, 6.45) is 0.554. The molecule has 2 heterocycles. The quantitative estimate of drug-likeness (QED) is 0.845. The lowest BCUT2D eigenvalue weighted by molar-refractivity contribution is -0.122. The Balaban J connectivity index is 1.95. The molecule has 1 aliphatic rings. The zero-order valence-corrected chi connectivity index (χ0v) is 14.3. The van der Waals surface area contributed by atoms with Crippen LogP contribution >= 0.6 is 11.3 Å². The number of amides is 2. The van der Waals surface area contributed by atoms with Crippen LogP contribution < -0.4 is 14.8 Å². The van der Waals surface area contributed by atoms with Crippen LogP contribution in [0, 0.1) is 6.92 Å². The lowest BCUT2D eigenvalue weighted by atomic mass is 10.1. The Kier molecular flexibility index (Phi) is 4.01. The molecule has 0 radical (unpaired) electrons. The molecule has 0 fully saturated rings. The third kappa shape index (κ3) is 2.97. The first-order valence-electron chi connectivity index (χ1n) is 6.86. The van der Waals surface area contributed by atoms with Gasteiger partial charge in [0.1, 0.15) is 10.6 Å². The van der Waals surface area contributed by atoms with Gasteiger partial charge in [-0.15, -0.1) is 11.3 Å². The highest BCUT2D eigenvalue weighted by Crippen LogP contribution is 2.34. The van der Waals surface area contributed by atoms with Crippen molar-refractivity contribution in [2.75, 3.05) is 5.32 Å². The monoisotopic (exact) mass is 367 g/mol. The van der Waals surface area contributed by atoms with E-state index in [2.05, 4.69) is 10.3 Å². The number of benzene rings is 1. The summed E-state index contributed by atoms with van der Waals surface area (Å²) in [6.45, 7) is 3.12. The Morgan fingerprint density at radius 1 is 1.42 bits per heavy atom. The summed E-state index contributed by atoms with van der Waals surface area (Å²) in [4.78, 5) is 27.4. The van der Waals surface area contributed by atoms with Crippen molar-refractivity contribution in [1.82, 2.24) is 9.71 Å². The van der Waals surface area contributed by atoms with Crippen molar-refractivity contribution >= 4 is 38.9 Å². The molecule has 0 aliphatic carbocycles. The maximum Gasteiger partial charge on any atom is 0.276 e. The number of aromatic nitrogens is 1. The van der Waals surface area contributed by atoms with Gasteiger partial charge in [0.2, 0.25) is 0 Å². The Labute approximate surface area is 141 Å². The van der Waals surface area contributed by atoms with Crippen LogP contribution in [-0.4, -0.2) is 31.3 Å². The number of carbonyl (C=O) groups excluding carboxylic acids is 2. The van der Waals surface area contributed by atoms with E-state index in [9.17, 15) is 18.0 Å². The third-order valence-corrected chi connectivity index (χ3v) is 5.63. The number of thiazole rings is 1. The summed E-state index contributed by atoms with van der Waals surface area (Å²) in [6, 6.07) is 2.79. The van der Waals surface area contributed by atoms with Crippen LogP contribution in [0.15, 0.2) is 28.7 Å². The number of nitrogens with zero attached hydrogens (tertiary/aromatic N) is 1. The molecule has 0 saturated carbocycles. The first-order chi connectivity index (χ1) is 11.3. The molecule has 2 amide bonds. The summed E-state index contributed by atoms with van der Waals surface area (Å²) in [7, 11) is -4.09. The minimum absolute atomic E-state index is 0.0949. The number of rotatable bonds is 3. The molecule has 2 N–H and O–H groups in total. The predicted molar refractivity (Wildman–Crippen MR) is 86.7 cm³/mol. The lowest BCUT2D eigenvalue weighted by Crippen LogP contribution is -2.35. The molecule has 3 rings (SSSR count). The summed E-state index contributed by atoms with van der Waals surface area (Å²) in [5, 5.41) is 2.64. The molecule has 0 spiro atoms. The molecule has 1 aromatic carbocycles. The maximum absolute atomic E-state index is 12.5. The molecule has 24 heavy (non-hydrogen) atoms. The fourth-order valence-corrected chi connectivity index (χ4v) is 3.98. The second-order valence-corrected chi connectivity index (χ2v) is 7.70. The molecule has 1 atom stereocenters. The molecule has 1 aromatic heterocycles. The van der Waals surface area contributed by atoms with E-state index < -0.39 is 22.0 Å². The van der Waals surface area contributed by atoms with Gasteiger partial charge in [0.15, 0.2) is 6.10 Å². The first-order valence-corrected chi connectivity index (χ1v) is 9.22. The maximum atomic E-state index is 12.5. The van der Waals surface area contributed by atoms with E-state index in [0.29, 0.717) is 11.3 Å². The highest BCUT2D eigenvalue weighted by atomic mass is 32.2. The number of ether oxygens (including phenoxy) is 1. The number of nitrogens with one attached hydrogen (secondary N) is 2. The van der Waals surface area contributed by atoms with E-state index in [-0.39, 0.29) is 21.4 Å². The van der Waals surface area contributed by atoms with Gasteiger partial charge in [0, 0.05) is 6.07 Å². The minimum atomic E-state index is -4.09. The number of hydrogen-bond donors (Lipinski definition) is 2. The molecule has 0 bridgehead atoms. The molecular formula is C14H13N3O5S2. The number of hydrogen-bond acceptors (Lipinski definition) is 7. The Morgan fingerprint density at radius 3 is 2.83 bits per heavy atom. The van der Waals surface area contributed by atoms with E-state index in [1.165, 1.54) is 23.8 Å². The summed E-state index contributed by atoms with van der Waals surface area (Å²) >= 11 is 1.03. The van der Waals surface area contributed by atoms with Gasteiger partial charge in [0.05, 0.1) is 22.3 Å². The van der Waals surface area contributed by atoms with E-state index in [4.69, 9.17) is 4.74 Å². The summed E-state index contributed by atoms with van der Waals surface area (Å²) in [5.74, 6) is -0.827. The second kappa shape index (κ2) is 5.87. The van der Waals surface area contributed by atoms with Gasteiger partial charge in [-0.25, -0.2) is 13.1 Å². The zero-order valence-electron chi connectivity index (χ0n) is 12.7. The van der Waals surface area contributed by atoms with Crippen molar-refractivity contribution < 1.29 is 22.7 Å². The van der Waals surface area contributed by atoms with E-state index in [1.54, 1.807) is 13.8 Å². The van der Waals surface area contributed by atoms with E-state index in [1.807, 2.05) is 4.72 Å². The van der Waals surface area contributed by atoms with Crippen LogP contribution in [0.2, 0.25) is 0 Å². The summed E-state index contributed by atoms with van der Waals surface area (Å²) < 4.78 is 32.4. The average molecular weight is 367 g/mol. The van der Waals surface area contributed by atoms with Gasteiger partial charge in [0.25, 0.3) is 21.8 Å². The van der Waals surface area contributed by atoms with E-state index in [0.717, 1.165) is 11.3 Å².